The van der Waals surface area contributed by atoms with Gasteiger partial charge in [0.25, 0.3) is 0 Å². The maximum Gasteiger partial charge on any atom is 0.234 e. The van der Waals surface area contributed by atoms with Crippen molar-refractivity contribution in [2.75, 3.05) is 33.3 Å². The lowest BCUT2D eigenvalue weighted by atomic mass is 10.2. The molecule has 0 aliphatic carbocycles. The lowest BCUT2D eigenvalue weighted by molar-refractivity contribution is -0.121. The molecule has 1 rings (SSSR count). The zero-order chi connectivity index (χ0) is 14.1. The van der Waals surface area contributed by atoms with Gasteiger partial charge in [-0.2, -0.15) is 0 Å². The summed E-state index contributed by atoms with van der Waals surface area (Å²) < 4.78 is 5.60. The van der Waals surface area contributed by atoms with E-state index in [9.17, 15) is 4.79 Å². The molecule has 19 heavy (non-hydrogen) atoms. The summed E-state index contributed by atoms with van der Waals surface area (Å²) in [7, 11) is 1.90. The summed E-state index contributed by atoms with van der Waals surface area (Å²) in [6.07, 6.45) is 0. The van der Waals surface area contributed by atoms with Crippen LogP contribution in [0.4, 0.5) is 0 Å². The smallest absolute Gasteiger partial charge is 0.234 e. The van der Waals surface area contributed by atoms with E-state index in [1.807, 2.05) is 43.1 Å². The second-order valence-corrected chi connectivity index (χ2v) is 4.39. The minimum atomic E-state index is 0.0392. The first-order chi connectivity index (χ1) is 9.15. The Morgan fingerprint density at radius 3 is 2.63 bits per heavy atom. The van der Waals surface area contributed by atoms with Crippen LogP contribution in [-0.4, -0.2) is 44.1 Å². The summed E-state index contributed by atoms with van der Waals surface area (Å²) in [6.45, 7) is 4.76. The summed E-state index contributed by atoms with van der Waals surface area (Å²) in [5.41, 5.74) is 6.61. The molecule has 0 spiro atoms. The first-order valence-corrected chi connectivity index (χ1v) is 6.52. The number of ether oxygens (including phenoxy) is 1. The van der Waals surface area contributed by atoms with Crippen LogP contribution in [0.15, 0.2) is 24.3 Å². The van der Waals surface area contributed by atoms with Gasteiger partial charge in [0.2, 0.25) is 5.91 Å². The molecule has 0 atom stereocenters. The van der Waals surface area contributed by atoms with Crippen molar-refractivity contribution < 1.29 is 9.53 Å². The Morgan fingerprint density at radius 2 is 2.05 bits per heavy atom. The summed E-state index contributed by atoms with van der Waals surface area (Å²) in [5, 5.41) is 2.76. The minimum Gasteiger partial charge on any atom is -0.492 e. The molecule has 0 radical (unpaired) electrons. The molecule has 0 saturated carbocycles. The quantitative estimate of drug-likeness (QED) is 0.722. The summed E-state index contributed by atoms with van der Waals surface area (Å²) in [4.78, 5) is 13.3. The van der Waals surface area contributed by atoms with Crippen molar-refractivity contribution >= 4 is 5.91 Å². The highest BCUT2D eigenvalue weighted by atomic mass is 16.5. The SMILES string of the molecule is CCNC(=O)CN(C)CCOc1ccc(CN)cc1. The number of rotatable bonds is 8. The molecule has 0 aliphatic heterocycles. The van der Waals surface area contributed by atoms with E-state index in [4.69, 9.17) is 10.5 Å². The van der Waals surface area contributed by atoms with Gasteiger partial charge in [0.15, 0.2) is 0 Å². The monoisotopic (exact) mass is 265 g/mol. The van der Waals surface area contributed by atoms with Crippen LogP contribution >= 0.6 is 0 Å². The van der Waals surface area contributed by atoms with Gasteiger partial charge in [-0.25, -0.2) is 0 Å². The van der Waals surface area contributed by atoms with Crippen molar-refractivity contribution in [2.45, 2.75) is 13.5 Å². The lowest BCUT2D eigenvalue weighted by Gasteiger charge is -2.16. The molecule has 0 aromatic heterocycles. The molecular formula is C14H23N3O2. The van der Waals surface area contributed by atoms with Crippen LogP contribution in [0.2, 0.25) is 0 Å². The normalized spacial score (nSPS) is 10.5. The topological polar surface area (TPSA) is 67.6 Å². The first-order valence-electron chi connectivity index (χ1n) is 6.52. The molecule has 106 valence electrons. The van der Waals surface area contributed by atoms with Crippen molar-refractivity contribution in [2.24, 2.45) is 5.73 Å². The Bertz CT molecular complexity index is 379. The predicted molar refractivity (Wildman–Crippen MR) is 76.0 cm³/mol. The second kappa shape index (κ2) is 8.50. The van der Waals surface area contributed by atoms with Crippen LogP contribution < -0.4 is 15.8 Å². The van der Waals surface area contributed by atoms with E-state index in [-0.39, 0.29) is 5.91 Å². The molecule has 1 aromatic carbocycles. The van der Waals surface area contributed by atoms with E-state index in [0.717, 1.165) is 11.3 Å². The van der Waals surface area contributed by atoms with Crippen molar-refractivity contribution in [1.29, 1.82) is 0 Å². The van der Waals surface area contributed by atoms with Gasteiger partial charge in [0.1, 0.15) is 12.4 Å². The van der Waals surface area contributed by atoms with Gasteiger partial charge < -0.3 is 15.8 Å². The van der Waals surface area contributed by atoms with Crippen LogP contribution in [0.1, 0.15) is 12.5 Å². The van der Waals surface area contributed by atoms with Gasteiger partial charge in [-0.05, 0) is 31.7 Å². The minimum absolute atomic E-state index is 0.0392. The van der Waals surface area contributed by atoms with E-state index in [1.54, 1.807) is 0 Å². The van der Waals surface area contributed by atoms with Gasteiger partial charge in [-0.1, -0.05) is 12.1 Å². The summed E-state index contributed by atoms with van der Waals surface area (Å²) in [6, 6.07) is 7.72. The zero-order valence-corrected chi connectivity index (χ0v) is 11.7. The van der Waals surface area contributed by atoms with E-state index < -0.39 is 0 Å². The lowest BCUT2D eigenvalue weighted by Crippen LogP contribution is -2.36. The number of benzene rings is 1. The number of amides is 1. The van der Waals surface area contributed by atoms with Crippen LogP contribution in [0.5, 0.6) is 5.75 Å². The van der Waals surface area contributed by atoms with Crippen molar-refractivity contribution in [1.82, 2.24) is 10.2 Å². The maximum absolute atomic E-state index is 11.4. The molecule has 1 amide bonds. The van der Waals surface area contributed by atoms with Gasteiger partial charge in [-0.15, -0.1) is 0 Å². The average molecular weight is 265 g/mol. The predicted octanol–water partition coefficient (Wildman–Crippen LogP) is 0.592. The molecule has 0 saturated heterocycles. The van der Waals surface area contributed by atoms with E-state index in [2.05, 4.69) is 5.32 Å². The Morgan fingerprint density at radius 1 is 1.37 bits per heavy atom. The van der Waals surface area contributed by atoms with Crippen LogP contribution in [0.3, 0.4) is 0 Å². The van der Waals surface area contributed by atoms with Gasteiger partial charge in [0, 0.05) is 19.6 Å². The van der Waals surface area contributed by atoms with Crippen LogP contribution in [0.25, 0.3) is 0 Å². The number of nitrogens with one attached hydrogen (secondary N) is 1. The summed E-state index contributed by atoms with van der Waals surface area (Å²) >= 11 is 0. The van der Waals surface area contributed by atoms with E-state index in [1.165, 1.54) is 0 Å². The third-order valence-electron chi connectivity index (χ3n) is 2.69. The molecule has 0 aliphatic rings. The van der Waals surface area contributed by atoms with Gasteiger partial charge >= 0.3 is 0 Å². The number of hydrogen-bond donors (Lipinski definition) is 2. The Kier molecular flexibility index (Phi) is 6.92. The Balaban J connectivity index is 2.23. The number of likely N-dealkylation sites (N-methyl/N-ethyl adjacent to an activating group) is 2. The molecule has 3 N–H and O–H groups in total. The number of carbonyl (C=O) groups is 1. The number of nitrogens with two attached hydrogens (primary N) is 1. The molecule has 0 heterocycles. The maximum atomic E-state index is 11.4. The Hall–Kier alpha value is -1.59. The van der Waals surface area contributed by atoms with Crippen LogP contribution in [0, 0.1) is 0 Å². The molecule has 0 fully saturated rings. The van der Waals surface area contributed by atoms with Crippen molar-refractivity contribution in [3.63, 3.8) is 0 Å². The third-order valence-corrected chi connectivity index (χ3v) is 2.69. The highest BCUT2D eigenvalue weighted by molar-refractivity contribution is 5.77. The fourth-order valence-electron chi connectivity index (χ4n) is 1.62. The fourth-order valence-corrected chi connectivity index (χ4v) is 1.62. The van der Waals surface area contributed by atoms with E-state index >= 15 is 0 Å². The number of hydrogen-bond acceptors (Lipinski definition) is 4. The van der Waals surface area contributed by atoms with Gasteiger partial charge in [-0.3, -0.25) is 9.69 Å². The number of nitrogens with zero attached hydrogens (tertiary/aromatic N) is 1. The molecule has 5 heteroatoms. The largest absolute Gasteiger partial charge is 0.492 e. The molecule has 0 unspecified atom stereocenters. The molecule has 0 bridgehead atoms. The highest BCUT2D eigenvalue weighted by Gasteiger charge is 2.05. The number of carbonyl (C=O) groups excluding carboxylic acids is 1. The van der Waals surface area contributed by atoms with Crippen molar-refractivity contribution in [3.8, 4) is 5.75 Å². The summed E-state index contributed by atoms with van der Waals surface area (Å²) in [5.74, 6) is 0.862. The molecule has 5 nitrogen and oxygen atoms in total. The fraction of sp³-hybridized carbons (Fsp3) is 0.500. The van der Waals surface area contributed by atoms with E-state index in [0.29, 0.717) is 32.8 Å². The molecular weight excluding hydrogens is 242 g/mol. The highest BCUT2D eigenvalue weighted by Crippen LogP contribution is 2.11. The average Bonchev–Trinajstić information content (AvgIpc) is 2.39. The zero-order valence-electron chi connectivity index (χ0n) is 11.7. The standard InChI is InChI=1S/C14H23N3O2/c1-3-16-14(18)11-17(2)8-9-19-13-6-4-12(10-15)5-7-13/h4-7H,3,8-11,15H2,1-2H3,(H,16,18). The Labute approximate surface area is 114 Å². The van der Waals surface area contributed by atoms with Gasteiger partial charge in [0.05, 0.1) is 6.54 Å². The first kappa shape index (κ1) is 15.5. The third kappa shape index (κ3) is 6.22. The molecule has 1 aromatic rings. The van der Waals surface area contributed by atoms with Crippen LogP contribution in [-0.2, 0) is 11.3 Å². The second-order valence-electron chi connectivity index (χ2n) is 4.39. The van der Waals surface area contributed by atoms with Crippen molar-refractivity contribution in [3.05, 3.63) is 29.8 Å².